The summed E-state index contributed by atoms with van der Waals surface area (Å²) < 4.78 is 13.5. The molecular formula is C16H26FN3. The third-order valence-corrected chi connectivity index (χ3v) is 4.28. The Hall–Kier alpha value is -1.13. The molecule has 1 aromatic carbocycles. The summed E-state index contributed by atoms with van der Waals surface area (Å²) in [5, 5.41) is 3.18. The van der Waals surface area contributed by atoms with E-state index in [1.807, 2.05) is 6.07 Å². The molecule has 1 aromatic rings. The summed E-state index contributed by atoms with van der Waals surface area (Å²) in [6.07, 6.45) is 2.48. The van der Waals surface area contributed by atoms with E-state index in [1.165, 1.54) is 32.0 Å². The van der Waals surface area contributed by atoms with Crippen molar-refractivity contribution in [2.75, 3.05) is 45.1 Å². The van der Waals surface area contributed by atoms with Gasteiger partial charge in [0.15, 0.2) is 0 Å². The van der Waals surface area contributed by atoms with Gasteiger partial charge in [0, 0.05) is 19.1 Å². The molecule has 0 saturated carbocycles. The quantitative estimate of drug-likeness (QED) is 0.863. The topological polar surface area (TPSA) is 18.5 Å². The fourth-order valence-corrected chi connectivity index (χ4v) is 2.83. The average Bonchev–Trinajstić information content (AvgIpc) is 2.49. The number of hydrogen-bond acceptors (Lipinski definition) is 3. The molecule has 0 bridgehead atoms. The predicted molar refractivity (Wildman–Crippen MR) is 82.7 cm³/mol. The number of halogens is 1. The van der Waals surface area contributed by atoms with Crippen molar-refractivity contribution in [1.29, 1.82) is 0 Å². The number of anilines is 1. The lowest BCUT2D eigenvalue weighted by atomic mass is 10.0. The van der Waals surface area contributed by atoms with Gasteiger partial charge in [-0.15, -0.1) is 0 Å². The van der Waals surface area contributed by atoms with E-state index in [-0.39, 0.29) is 5.82 Å². The maximum absolute atomic E-state index is 13.5. The smallest absolute Gasteiger partial charge is 0.146 e. The van der Waals surface area contributed by atoms with Crippen molar-refractivity contribution in [1.82, 2.24) is 9.80 Å². The van der Waals surface area contributed by atoms with E-state index >= 15 is 0 Å². The minimum Gasteiger partial charge on any atom is -0.381 e. The molecule has 0 spiro atoms. The lowest BCUT2D eigenvalue weighted by molar-refractivity contribution is 0.135. The fraction of sp³-hybridized carbons (Fsp3) is 0.625. The Kier molecular flexibility index (Phi) is 5.80. The van der Waals surface area contributed by atoms with Crippen LogP contribution in [0.1, 0.15) is 19.8 Å². The van der Waals surface area contributed by atoms with Gasteiger partial charge in [0.2, 0.25) is 0 Å². The first kappa shape index (κ1) is 15.3. The van der Waals surface area contributed by atoms with Gasteiger partial charge in [-0.05, 0) is 51.7 Å². The van der Waals surface area contributed by atoms with Gasteiger partial charge in [0.25, 0.3) is 0 Å². The number of para-hydroxylation sites is 1. The molecule has 1 N–H and O–H groups in total. The highest BCUT2D eigenvalue weighted by Crippen LogP contribution is 2.15. The molecule has 0 amide bonds. The summed E-state index contributed by atoms with van der Waals surface area (Å²) in [6, 6.07) is 7.52. The number of hydrogen-bond donors (Lipinski definition) is 1. The van der Waals surface area contributed by atoms with Crippen LogP contribution in [0.2, 0.25) is 0 Å². The molecule has 0 radical (unpaired) electrons. The van der Waals surface area contributed by atoms with Crippen LogP contribution in [0.5, 0.6) is 0 Å². The second kappa shape index (κ2) is 7.60. The highest BCUT2D eigenvalue weighted by molar-refractivity contribution is 5.44. The Morgan fingerprint density at radius 3 is 2.65 bits per heavy atom. The van der Waals surface area contributed by atoms with Gasteiger partial charge in [-0.25, -0.2) is 4.39 Å². The first-order valence-electron chi connectivity index (χ1n) is 7.61. The Labute approximate surface area is 121 Å². The number of likely N-dealkylation sites (N-methyl/N-ethyl adjacent to an activating group) is 1. The van der Waals surface area contributed by atoms with Crippen LogP contribution >= 0.6 is 0 Å². The van der Waals surface area contributed by atoms with Gasteiger partial charge in [-0.3, -0.25) is 0 Å². The molecule has 0 atom stereocenters. The molecule has 1 saturated heterocycles. The summed E-state index contributed by atoms with van der Waals surface area (Å²) in [6.45, 7) is 7.52. The van der Waals surface area contributed by atoms with Gasteiger partial charge in [0.1, 0.15) is 5.82 Å². The van der Waals surface area contributed by atoms with Crippen molar-refractivity contribution in [2.45, 2.75) is 25.8 Å². The van der Waals surface area contributed by atoms with Crippen LogP contribution in [0.25, 0.3) is 0 Å². The van der Waals surface area contributed by atoms with Crippen molar-refractivity contribution in [2.24, 2.45) is 0 Å². The van der Waals surface area contributed by atoms with Crippen LogP contribution in [-0.4, -0.2) is 55.6 Å². The minimum absolute atomic E-state index is 0.175. The number of benzene rings is 1. The molecule has 1 aliphatic heterocycles. The minimum atomic E-state index is -0.175. The van der Waals surface area contributed by atoms with Crippen LogP contribution in [0, 0.1) is 5.82 Å². The zero-order chi connectivity index (χ0) is 14.4. The molecule has 0 aliphatic carbocycles. The largest absolute Gasteiger partial charge is 0.381 e. The summed E-state index contributed by atoms with van der Waals surface area (Å²) in [7, 11) is 2.18. The van der Waals surface area contributed by atoms with Crippen LogP contribution in [0.3, 0.4) is 0 Å². The second-order valence-electron chi connectivity index (χ2n) is 5.55. The van der Waals surface area contributed by atoms with E-state index in [1.54, 1.807) is 12.1 Å². The Bertz CT molecular complexity index is 402. The SMILES string of the molecule is CCN1CCC(N(C)CCNc2ccccc2F)CC1. The van der Waals surface area contributed by atoms with Crippen molar-refractivity contribution >= 4 is 5.69 Å². The molecule has 1 heterocycles. The highest BCUT2D eigenvalue weighted by atomic mass is 19.1. The summed E-state index contributed by atoms with van der Waals surface area (Å²) in [4.78, 5) is 4.91. The third-order valence-electron chi connectivity index (χ3n) is 4.28. The molecule has 3 nitrogen and oxygen atoms in total. The Morgan fingerprint density at radius 2 is 2.00 bits per heavy atom. The molecule has 0 unspecified atom stereocenters. The number of likely N-dealkylation sites (tertiary alicyclic amines) is 1. The van der Waals surface area contributed by atoms with Crippen LogP contribution < -0.4 is 5.32 Å². The summed E-state index contributed by atoms with van der Waals surface area (Å²) in [5.41, 5.74) is 0.599. The molecule has 4 heteroatoms. The molecule has 0 aromatic heterocycles. The normalized spacial score (nSPS) is 17.6. The van der Waals surface area contributed by atoms with Crippen molar-refractivity contribution in [3.63, 3.8) is 0 Å². The van der Waals surface area contributed by atoms with Gasteiger partial charge in [0.05, 0.1) is 5.69 Å². The number of piperidine rings is 1. The number of nitrogens with zero attached hydrogens (tertiary/aromatic N) is 2. The van der Waals surface area contributed by atoms with E-state index in [2.05, 4.69) is 29.1 Å². The molecule has 20 heavy (non-hydrogen) atoms. The van der Waals surface area contributed by atoms with Crippen LogP contribution in [-0.2, 0) is 0 Å². The van der Waals surface area contributed by atoms with Gasteiger partial charge in [-0.1, -0.05) is 19.1 Å². The average molecular weight is 279 g/mol. The van der Waals surface area contributed by atoms with E-state index in [9.17, 15) is 4.39 Å². The fourth-order valence-electron chi connectivity index (χ4n) is 2.83. The maximum Gasteiger partial charge on any atom is 0.146 e. The first-order chi connectivity index (χ1) is 9.70. The zero-order valence-corrected chi connectivity index (χ0v) is 12.6. The number of nitrogens with one attached hydrogen (secondary N) is 1. The van der Waals surface area contributed by atoms with Crippen LogP contribution in [0.4, 0.5) is 10.1 Å². The lowest BCUT2D eigenvalue weighted by Crippen LogP contribution is -2.44. The summed E-state index contributed by atoms with van der Waals surface area (Å²) >= 11 is 0. The van der Waals surface area contributed by atoms with Crippen molar-refractivity contribution in [3.05, 3.63) is 30.1 Å². The maximum atomic E-state index is 13.5. The van der Waals surface area contributed by atoms with Crippen LogP contribution in [0.15, 0.2) is 24.3 Å². The molecule has 2 rings (SSSR count). The summed E-state index contributed by atoms with van der Waals surface area (Å²) in [5.74, 6) is -0.175. The zero-order valence-electron chi connectivity index (χ0n) is 12.6. The second-order valence-corrected chi connectivity index (χ2v) is 5.55. The predicted octanol–water partition coefficient (Wildman–Crippen LogP) is 2.65. The van der Waals surface area contributed by atoms with E-state index in [0.717, 1.165) is 19.6 Å². The molecule has 112 valence electrons. The van der Waals surface area contributed by atoms with E-state index < -0.39 is 0 Å². The van der Waals surface area contributed by atoms with Gasteiger partial charge in [-0.2, -0.15) is 0 Å². The molecular weight excluding hydrogens is 253 g/mol. The highest BCUT2D eigenvalue weighted by Gasteiger charge is 2.21. The molecule has 1 aliphatic rings. The van der Waals surface area contributed by atoms with E-state index in [0.29, 0.717) is 11.7 Å². The first-order valence-corrected chi connectivity index (χ1v) is 7.61. The Balaban J connectivity index is 1.70. The van der Waals surface area contributed by atoms with Crippen molar-refractivity contribution < 1.29 is 4.39 Å². The van der Waals surface area contributed by atoms with E-state index in [4.69, 9.17) is 0 Å². The lowest BCUT2D eigenvalue weighted by Gasteiger charge is -2.36. The van der Waals surface area contributed by atoms with Gasteiger partial charge < -0.3 is 15.1 Å². The van der Waals surface area contributed by atoms with Crippen molar-refractivity contribution in [3.8, 4) is 0 Å². The Morgan fingerprint density at radius 1 is 1.30 bits per heavy atom. The molecule has 1 fully saturated rings. The van der Waals surface area contributed by atoms with Gasteiger partial charge >= 0.3 is 0 Å². The third kappa shape index (κ3) is 4.18. The monoisotopic (exact) mass is 279 g/mol. The standard InChI is InChI=1S/C16H26FN3/c1-3-20-11-8-14(9-12-20)19(2)13-10-18-16-7-5-4-6-15(16)17/h4-7,14,18H,3,8-13H2,1-2H3. The number of rotatable bonds is 6.